The molecule has 0 saturated carbocycles. The van der Waals surface area contributed by atoms with Gasteiger partial charge in [0.1, 0.15) is 5.82 Å². The highest BCUT2D eigenvalue weighted by atomic mass is 32.2. The number of hydrogen-bond acceptors (Lipinski definition) is 2. The van der Waals surface area contributed by atoms with Crippen LogP contribution < -0.4 is 5.73 Å². The summed E-state index contributed by atoms with van der Waals surface area (Å²) in [5, 5.41) is 0. The third-order valence-corrected chi connectivity index (χ3v) is 2.64. The molecule has 1 rings (SSSR count). The number of thioether (sulfide) groups is 1. The molecule has 0 unspecified atom stereocenters. The summed E-state index contributed by atoms with van der Waals surface area (Å²) in [6.45, 7) is 1.81. The molecule has 74 valence electrons. The van der Waals surface area contributed by atoms with E-state index in [2.05, 4.69) is 11.8 Å². The fourth-order valence-electron chi connectivity index (χ4n) is 0.943. The highest BCUT2D eigenvalue weighted by molar-refractivity contribution is 7.99. The van der Waals surface area contributed by atoms with E-state index in [0.29, 0.717) is 0 Å². The minimum absolute atomic E-state index is 0.197. The van der Waals surface area contributed by atoms with Crippen LogP contribution in [0.5, 0.6) is 0 Å². The van der Waals surface area contributed by atoms with Gasteiger partial charge in [0.25, 0.3) is 0 Å². The van der Waals surface area contributed by atoms with Gasteiger partial charge >= 0.3 is 0 Å². The van der Waals surface area contributed by atoms with E-state index in [0.717, 1.165) is 17.1 Å². The van der Waals surface area contributed by atoms with Gasteiger partial charge in [0, 0.05) is 17.1 Å². The highest BCUT2D eigenvalue weighted by Crippen LogP contribution is 2.22. The van der Waals surface area contributed by atoms with Crippen molar-refractivity contribution in [2.75, 3.05) is 11.5 Å². The summed E-state index contributed by atoms with van der Waals surface area (Å²) in [6, 6.07) is 4.87. The Morgan fingerprint density at radius 2 is 2.29 bits per heavy atom. The molecule has 14 heavy (non-hydrogen) atoms. The van der Waals surface area contributed by atoms with Crippen LogP contribution in [0.3, 0.4) is 0 Å². The van der Waals surface area contributed by atoms with Crippen LogP contribution in [-0.2, 0) is 0 Å². The van der Waals surface area contributed by atoms with Gasteiger partial charge in [-0.2, -0.15) is 0 Å². The highest BCUT2D eigenvalue weighted by Gasteiger charge is 1.99. The van der Waals surface area contributed by atoms with Gasteiger partial charge in [-0.15, -0.1) is 23.6 Å². The molecule has 0 heterocycles. The van der Waals surface area contributed by atoms with Gasteiger partial charge < -0.3 is 5.73 Å². The van der Waals surface area contributed by atoms with Crippen LogP contribution in [0, 0.1) is 17.7 Å². The van der Waals surface area contributed by atoms with Crippen molar-refractivity contribution in [1.29, 1.82) is 0 Å². The van der Waals surface area contributed by atoms with Crippen molar-refractivity contribution in [2.45, 2.75) is 18.2 Å². The number of benzene rings is 1. The quantitative estimate of drug-likeness (QED) is 0.358. The molecule has 2 N–H and O–H groups in total. The summed E-state index contributed by atoms with van der Waals surface area (Å²) in [4.78, 5) is 0.898. The summed E-state index contributed by atoms with van der Waals surface area (Å²) in [7, 11) is 0. The summed E-state index contributed by atoms with van der Waals surface area (Å²) >= 11 is 1.59. The average molecular weight is 209 g/mol. The lowest BCUT2D eigenvalue weighted by atomic mass is 10.3. The molecule has 0 aliphatic rings. The standard InChI is InChI=1S/C11H12FNS/c1-2-3-4-7-14-9-5-6-11(13)10(12)8-9/h5-6,8H,4,7,13H2,1H3. The van der Waals surface area contributed by atoms with Crippen molar-refractivity contribution in [3.05, 3.63) is 24.0 Å². The molecule has 0 aliphatic carbocycles. The Balaban J connectivity index is 2.50. The lowest BCUT2D eigenvalue weighted by Crippen LogP contribution is -1.89. The summed E-state index contributed by atoms with van der Waals surface area (Å²) < 4.78 is 13.0. The first-order valence-electron chi connectivity index (χ1n) is 4.31. The van der Waals surface area contributed by atoms with Crippen LogP contribution in [0.1, 0.15) is 13.3 Å². The molecule has 1 aromatic carbocycles. The van der Waals surface area contributed by atoms with Crippen LogP contribution in [0.4, 0.5) is 10.1 Å². The molecule has 0 amide bonds. The Labute approximate surface area is 87.9 Å². The van der Waals surface area contributed by atoms with E-state index >= 15 is 0 Å². The van der Waals surface area contributed by atoms with Crippen molar-refractivity contribution >= 4 is 17.4 Å². The molecule has 0 aliphatic heterocycles. The van der Waals surface area contributed by atoms with E-state index in [1.54, 1.807) is 17.8 Å². The van der Waals surface area contributed by atoms with Gasteiger partial charge in [0.2, 0.25) is 0 Å². The first kappa shape index (κ1) is 10.9. The topological polar surface area (TPSA) is 26.0 Å². The molecule has 0 bridgehead atoms. The minimum Gasteiger partial charge on any atom is -0.396 e. The van der Waals surface area contributed by atoms with Crippen molar-refractivity contribution in [1.82, 2.24) is 0 Å². The maximum absolute atomic E-state index is 13.0. The molecule has 0 fully saturated rings. The molecule has 1 aromatic rings. The van der Waals surface area contributed by atoms with E-state index in [9.17, 15) is 4.39 Å². The molecule has 0 atom stereocenters. The van der Waals surface area contributed by atoms with E-state index in [1.165, 1.54) is 6.07 Å². The maximum Gasteiger partial charge on any atom is 0.147 e. The monoisotopic (exact) mass is 209 g/mol. The first-order chi connectivity index (χ1) is 6.74. The minimum atomic E-state index is -0.350. The zero-order valence-electron chi connectivity index (χ0n) is 8.01. The van der Waals surface area contributed by atoms with E-state index in [1.807, 2.05) is 13.0 Å². The molecule has 0 aromatic heterocycles. The van der Waals surface area contributed by atoms with E-state index < -0.39 is 0 Å². The predicted molar refractivity (Wildman–Crippen MR) is 59.6 cm³/mol. The van der Waals surface area contributed by atoms with Crippen LogP contribution in [0.25, 0.3) is 0 Å². The third-order valence-electron chi connectivity index (χ3n) is 1.64. The number of hydrogen-bond donors (Lipinski definition) is 1. The van der Waals surface area contributed by atoms with Crippen LogP contribution >= 0.6 is 11.8 Å². The Morgan fingerprint density at radius 3 is 2.93 bits per heavy atom. The summed E-state index contributed by atoms with van der Waals surface area (Å²) in [6.07, 6.45) is 0.827. The van der Waals surface area contributed by atoms with Gasteiger partial charge in [-0.05, 0) is 25.1 Å². The zero-order chi connectivity index (χ0) is 10.4. The maximum atomic E-state index is 13.0. The predicted octanol–water partition coefficient (Wildman–Crippen LogP) is 2.91. The Hall–Kier alpha value is -1.14. The molecule has 1 nitrogen and oxygen atoms in total. The van der Waals surface area contributed by atoms with Crippen LogP contribution in [0.15, 0.2) is 23.1 Å². The van der Waals surface area contributed by atoms with Gasteiger partial charge in [-0.3, -0.25) is 0 Å². The number of rotatable bonds is 3. The van der Waals surface area contributed by atoms with Crippen molar-refractivity contribution in [3.8, 4) is 11.8 Å². The number of nitrogen functional groups attached to an aromatic ring is 1. The molecule has 0 saturated heterocycles. The molecule has 3 heteroatoms. The fourth-order valence-corrected chi connectivity index (χ4v) is 1.73. The largest absolute Gasteiger partial charge is 0.396 e. The van der Waals surface area contributed by atoms with Gasteiger partial charge in [-0.25, -0.2) is 4.39 Å². The lowest BCUT2D eigenvalue weighted by Gasteiger charge is -2.00. The van der Waals surface area contributed by atoms with E-state index in [-0.39, 0.29) is 11.5 Å². The number of nitrogens with two attached hydrogens (primary N) is 1. The normalized spacial score (nSPS) is 9.29. The molecular weight excluding hydrogens is 197 g/mol. The molecular formula is C11H12FNS. The number of halogens is 1. The van der Waals surface area contributed by atoms with Gasteiger partial charge in [-0.1, -0.05) is 0 Å². The molecule has 0 spiro atoms. The fraction of sp³-hybridized carbons (Fsp3) is 0.273. The van der Waals surface area contributed by atoms with Gasteiger partial charge in [0.15, 0.2) is 0 Å². The third kappa shape index (κ3) is 3.31. The van der Waals surface area contributed by atoms with Gasteiger partial charge in [0.05, 0.1) is 5.69 Å². The second kappa shape index (κ2) is 5.56. The van der Waals surface area contributed by atoms with E-state index in [4.69, 9.17) is 5.73 Å². The molecule has 0 radical (unpaired) electrons. The second-order valence-electron chi connectivity index (χ2n) is 2.71. The summed E-state index contributed by atoms with van der Waals surface area (Å²) in [5.41, 5.74) is 5.56. The SMILES string of the molecule is CC#CCCSc1ccc(N)c(F)c1. The summed E-state index contributed by atoms with van der Waals surface area (Å²) in [5.74, 6) is 6.30. The zero-order valence-corrected chi connectivity index (χ0v) is 8.83. The Bertz CT molecular complexity index is 365. The second-order valence-corrected chi connectivity index (χ2v) is 3.88. The van der Waals surface area contributed by atoms with Crippen molar-refractivity contribution in [3.63, 3.8) is 0 Å². The number of anilines is 1. The Kier molecular flexibility index (Phi) is 4.34. The van der Waals surface area contributed by atoms with Crippen molar-refractivity contribution in [2.24, 2.45) is 0 Å². The average Bonchev–Trinajstić information content (AvgIpc) is 2.18. The smallest absolute Gasteiger partial charge is 0.147 e. The first-order valence-corrected chi connectivity index (χ1v) is 5.30. The lowest BCUT2D eigenvalue weighted by molar-refractivity contribution is 0.629. The van der Waals surface area contributed by atoms with Crippen molar-refractivity contribution < 1.29 is 4.39 Å². The Morgan fingerprint density at radius 1 is 1.50 bits per heavy atom. The van der Waals surface area contributed by atoms with Crippen LogP contribution in [-0.4, -0.2) is 5.75 Å². The van der Waals surface area contributed by atoms with Crippen LogP contribution in [0.2, 0.25) is 0 Å².